The Hall–Kier alpha value is -2.08. The van der Waals surface area contributed by atoms with E-state index >= 15 is 0 Å². The number of piperidine rings is 1. The standard InChI is InChI=1S/C21H33N5O/c1-3-22-21(23-12-9-17-10-13-25(2)14-11-17)24-18-15-20(27)26(16-18)19-7-5-4-6-8-19/h4-8,17-18H,3,9-16H2,1-2H3,(H2,22,23,24). The molecular weight excluding hydrogens is 338 g/mol. The zero-order valence-electron chi connectivity index (χ0n) is 16.7. The van der Waals surface area contributed by atoms with Crippen LogP contribution in [0.3, 0.4) is 0 Å². The average Bonchev–Trinajstić information content (AvgIpc) is 3.04. The van der Waals surface area contributed by atoms with Crippen LogP contribution in [0.25, 0.3) is 0 Å². The lowest BCUT2D eigenvalue weighted by Gasteiger charge is -2.28. The largest absolute Gasteiger partial charge is 0.357 e. The van der Waals surface area contributed by atoms with Crippen molar-refractivity contribution in [1.29, 1.82) is 0 Å². The van der Waals surface area contributed by atoms with E-state index in [1.165, 1.54) is 25.9 Å². The molecule has 1 aromatic carbocycles. The lowest BCUT2D eigenvalue weighted by atomic mass is 9.94. The fourth-order valence-corrected chi connectivity index (χ4v) is 3.88. The highest BCUT2D eigenvalue weighted by atomic mass is 16.2. The molecule has 0 saturated carbocycles. The van der Waals surface area contributed by atoms with Crippen LogP contribution in [0.4, 0.5) is 5.69 Å². The number of nitrogens with zero attached hydrogens (tertiary/aromatic N) is 3. The molecule has 148 valence electrons. The van der Waals surface area contributed by atoms with Crippen LogP contribution < -0.4 is 15.5 Å². The molecule has 1 atom stereocenters. The van der Waals surface area contributed by atoms with Crippen molar-refractivity contribution in [2.45, 2.75) is 38.6 Å². The normalized spacial score (nSPS) is 22.3. The van der Waals surface area contributed by atoms with E-state index in [0.717, 1.165) is 37.1 Å². The third-order valence-corrected chi connectivity index (χ3v) is 5.52. The Morgan fingerprint density at radius 1 is 1.22 bits per heavy atom. The minimum atomic E-state index is 0.0961. The van der Waals surface area contributed by atoms with Gasteiger partial charge >= 0.3 is 0 Å². The third kappa shape index (κ3) is 5.70. The summed E-state index contributed by atoms with van der Waals surface area (Å²) in [6.07, 6.45) is 4.21. The number of anilines is 1. The van der Waals surface area contributed by atoms with Gasteiger partial charge in [0, 0.05) is 31.7 Å². The van der Waals surface area contributed by atoms with Gasteiger partial charge in [-0.3, -0.25) is 9.79 Å². The fraction of sp³-hybridized carbons (Fsp3) is 0.619. The molecule has 1 amide bonds. The first-order chi connectivity index (χ1) is 13.2. The maximum atomic E-state index is 12.4. The minimum absolute atomic E-state index is 0.0961. The number of benzene rings is 1. The molecular formula is C21H33N5O. The lowest BCUT2D eigenvalue weighted by Crippen LogP contribution is -2.44. The van der Waals surface area contributed by atoms with Gasteiger partial charge in [0.1, 0.15) is 0 Å². The monoisotopic (exact) mass is 371 g/mol. The SMILES string of the molecule is CCNC(=NCCC1CCN(C)CC1)NC1CC(=O)N(c2ccccc2)C1. The second-order valence-electron chi connectivity index (χ2n) is 7.68. The Morgan fingerprint density at radius 2 is 1.96 bits per heavy atom. The number of amides is 1. The number of nitrogens with one attached hydrogen (secondary N) is 2. The van der Waals surface area contributed by atoms with Gasteiger partial charge in [-0.15, -0.1) is 0 Å². The Bertz CT molecular complexity index is 625. The van der Waals surface area contributed by atoms with Crippen molar-refractivity contribution in [3.63, 3.8) is 0 Å². The van der Waals surface area contributed by atoms with E-state index in [0.29, 0.717) is 13.0 Å². The van der Waals surface area contributed by atoms with E-state index in [-0.39, 0.29) is 11.9 Å². The summed E-state index contributed by atoms with van der Waals surface area (Å²) < 4.78 is 0. The van der Waals surface area contributed by atoms with Gasteiger partial charge in [0.05, 0.1) is 6.04 Å². The zero-order chi connectivity index (χ0) is 19.1. The molecule has 2 heterocycles. The first-order valence-electron chi connectivity index (χ1n) is 10.2. The van der Waals surface area contributed by atoms with Gasteiger partial charge in [-0.2, -0.15) is 0 Å². The maximum Gasteiger partial charge on any atom is 0.229 e. The number of carbonyl (C=O) groups excluding carboxylic acids is 1. The summed E-state index contributed by atoms with van der Waals surface area (Å²) in [6, 6.07) is 9.98. The Balaban J connectivity index is 1.51. The van der Waals surface area contributed by atoms with Crippen LogP contribution >= 0.6 is 0 Å². The quantitative estimate of drug-likeness (QED) is 0.594. The molecule has 2 N–H and O–H groups in total. The summed E-state index contributed by atoms with van der Waals surface area (Å²) in [7, 11) is 2.20. The number of para-hydroxylation sites is 1. The molecule has 2 aliphatic rings. The molecule has 0 aromatic heterocycles. The first kappa shape index (κ1) is 19.7. The van der Waals surface area contributed by atoms with Gasteiger partial charge in [-0.1, -0.05) is 18.2 Å². The molecule has 0 spiro atoms. The molecule has 0 aliphatic carbocycles. The highest BCUT2D eigenvalue weighted by molar-refractivity contribution is 5.97. The van der Waals surface area contributed by atoms with Gasteiger partial charge in [-0.25, -0.2) is 0 Å². The van der Waals surface area contributed by atoms with E-state index in [1.54, 1.807) is 0 Å². The molecule has 2 fully saturated rings. The Kier molecular flexibility index (Phi) is 7.10. The predicted octanol–water partition coefficient (Wildman–Crippen LogP) is 2.08. The predicted molar refractivity (Wildman–Crippen MR) is 111 cm³/mol. The van der Waals surface area contributed by atoms with E-state index in [2.05, 4.69) is 29.5 Å². The molecule has 1 aromatic rings. The van der Waals surface area contributed by atoms with Gasteiger partial charge in [0.2, 0.25) is 5.91 Å². The summed E-state index contributed by atoms with van der Waals surface area (Å²) in [5.74, 6) is 1.79. The van der Waals surface area contributed by atoms with Gasteiger partial charge in [-0.05, 0) is 64.4 Å². The van der Waals surface area contributed by atoms with Crippen molar-refractivity contribution in [3.8, 4) is 0 Å². The number of carbonyl (C=O) groups is 1. The molecule has 3 rings (SSSR count). The van der Waals surface area contributed by atoms with Gasteiger partial charge in [0.15, 0.2) is 5.96 Å². The van der Waals surface area contributed by atoms with Crippen molar-refractivity contribution in [2.75, 3.05) is 44.7 Å². The van der Waals surface area contributed by atoms with Crippen LogP contribution in [0.1, 0.15) is 32.6 Å². The highest BCUT2D eigenvalue weighted by Crippen LogP contribution is 2.21. The molecule has 0 radical (unpaired) electrons. The Labute approximate surface area is 163 Å². The van der Waals surface area contributed by atoms with Crippen molar-refractivity contribution in [2.24, 2.45) is 10.9 Å². The fourth-order valence-electron chi connectivity index (χ4n) is 3.88. The number of likely N-dealkylation sites (tertiary alicyclic amines) is 1. The Morgan fingerprint density at radius 3 is 2.67 bits per heavy atom. The summed E-state index contributed by atoms with van der Waals surface area (Å²) >= 11 is 0. The van der Waals surface area contributed by atoms with Crippen LogP contribution in [-0.4, -0.2) is 62.6 Å². The zero-order valence-corrected chi connectivity index (χ0v) is 16.7. The molecule has 6 nitrogen and oxygen atoms in total. The van der Waals surface area contributed by atoms with Crippen LogP contribution in [0.15, 0.2) is 35.3 Å². The summed E-state index contributed by atoms with van der Waals surface area (Å²) in [4.78, 5) is 21.4. The molecule has 27 heavy (non-hydrogen) atoms. The van der Waals surface area contributed by atoms with Crippen LogP contribution in [0.5, 0.6) is 0 Å². The number of aliphatic imine (C=N–C) groups is 1. The van der Waals surface area contributed by atoms with E-state index in [9.17, 15) is 4.79 Å². The summed E-state index contributed by atoms with van der Waals surface area (Å²) in [5.41, 5.74) is 0.969. The second-order valence-corrected chi connectivity index (χ2v) is 7.68. The number of rotatable bonds is 6. The number of hydrogen-bond donors (Lipinski definition) is 2. The molecule has 0 bridgehead atoms. The summed E-state index contributed by atoms with van der Waals surface area (Å²) in [6.45, 7) is 6.82. The van der Waals surface area contributed by atoms with Gasteiger partial charge in [0.25, 0.3) is 0 Å². The van der Waals surface area contributed by atoms with Gasteiger partial charge < -0.3 is 20.4 Å². The van der Waals surface area contributed by atoms with Crippen molar-refractivity contribution >= 4 is 17.6 Å². The van der Waals surface area contributed by atoms with E-state index < -0.39 is 0 Å². The van der Waals surface area contributed by atoms with Crippen molar-refractivity contribution in [3.05, 3.63) is 30.3 Å². The highest BCUT2D eigenvalue weighted by Gasteiger charge is 2.31. The molecule has 2 saturated heterocycles. The van der Waals surface area contributed by atoms with Crippen LogP contribution in [0.2, 0.25) is 0 Å². The number of hydrogen-bond acceptors (Lipinski definition) is 3. The maximum absolute atomic E-state index is 12.4. The molecule has 6 heteroatoms. The first-order valence-corrected chi connectivity index (χ1v) is 10.2. The third-order valence-electron chi connectivity index (χ3n) is 5.52. The molecule has 2 aliphatic heterocycles. The van der Waals surface area contributed by atoms with Crippen molar-refractivity contribution in [1.82, 2.24) is 15.5 Å². The summed E-state index contributed by atoms with van der Waals surface area (Å²) in [5, 5.41) is 6.78. The number of guanidine groups is 1. The van der Waals surface area contributed by atoms with E-state index in [1.807, 2.05) is 35.2 Å². The minimum Gasteiger partial charge on any atom is -0.357 e. The second kappa shape index (κ2) is 9.74. The van der Waals surface area contributed by atoms with E-state index in [4.69, 9.17) is 4.99 Å². The van der Waals surface area contributed by atoms with Crippen molar-refractivity contribution < 1.29 is 4.79 Å². The topological polar surface area (TPSA) is 60.0 Å². The smallest absolute Gasteiger partial charge is 0.229 e. The van der Waals surface area contributed by atoms with Crippen LogP contribution in [0, 0.1) is 5.92 Å². The van der Waals surface area contributed by atoms with Crippen LogP contribution in [-0.2, 0) is 4.79 Å². The average molecular weight is 372 g/mol. The lowest BCUT2D eigenvalue weighted by molar-refractivity contribution is -0.117. The molecule has 1 unspecified atom stereocenters.